The molecule has 8 heteroatoms. The van der Waals surface area contributed by atoms with Gasteiger partial charge in [0.2, 0.25) is 12.2 Å². The normalized spacial score (nSPS) is 11.3. The van der Waals surface area contributed by atoms with E-state index in [1.54, 1.807) is 0 Å². The monoisotopic (exact) mass is 268 g/mol. The molecule has 0 spiro atoms. The summed E-state index contributed by atoms with van der Waals surface area (Å²) in [6.07, 6.45) is 0.342. The Morgan fingerprint density at radius 1 is 1.53 bits per heavy atom. The number of nitrogens with one attached hydrogen (secondary N) is 1. The molecule has 0 saturated heterocycles. The number of methoxy groups -OCH3 is 1. The van der Waals surface area contributed by atoms with E-state index in [-0.39, 0.29) is 11.5 Å². The van der Waals surface area contributed by atoms with Crippen molar-refractivity contribution in [3.63, 3.8) is 0 Å². The quantitative estimate of drug-likeness (QED) is 0.267. The first kappa shape index (κ1) is 14.4. The number of hydrogen-bond acceptors (Lipinski definition) is 6. The SMILES string of the molecule is COc1ccc(OC(=O)C(C)NC=O)c([N+](=O)[O-])c1. The highest BCUT2D eigenvalue weighted by atomic mass is 16.6. The van der Waals surface area contributed by atoms with Crippen molar-refractivity contribution < 1.29 is 24.0 Å². The molecule has 19 heavy (non-hydrogen) atoms. The van der Waals surface area contributed by atoms with E-state index in [2.05, 4.69) is 5.32 Å². The van der Waals surface area contributed by atoms with Gasteiger partial charge in [-0.25, -0.2) is 4.79 Å². The lowest BCUT2D eigenvalue weighted by atomic mass is 10.2. The molecule has 1 aromatic carbocycles. The van der Waals surface area contributed by atoms with Crippen LogP contribution in [0.15, 0.2) is 18.2 Å². The fourth-order valence-corrected chi connectivity index (χ4v) is 1.22. The fraction of sp³-hybridized carbons (Fsp3) is 0.273. The second-order valence-electron chi connectivity index (χ2n) is 3.52. The molecule has 0 aliphatic heterocycles. The molecule has 0 saturated carbocycles. The third-order valence-electron chi connectivity index (χ3n) is 2.24. The van der Waals surface area contributed by atoms with E-state index in [1.807, 2.05) is 0 Å². The van der Waals surface area contributed by atoms with Crippen LogP contribution in [0.5, 0.6) is 11.5 Å². The van der Waals surface area contributed by atoms with Crippen molar-refractivity contribution in [2.24, 2.45) is 0 Å². The van der Waals surface area contributed by atoms with Crippen LogP contribution in [0.2, 0.25) is 0 Å². The van der Waals surface area contributed by atoms with Gasteiger partial charge < -0.3 is 14.8 Å². The summed E-state index contributed by atoms with van der Waals surface area (Å²) in [6, 6.07) is 2.91. The van der Waals surface area contributed by atoms with E-state index in [4.69, 9.17) is 9.47 Å². The molecule has 0 heterocycles. The molecule has 0 radical (unpaired) electrons. The number of esters is 1. The zero-order valence-corrected chi connectivity index (χ0v) is 10.3. The largest absolute Gasteiger partial charge is 0.496 e. The third-order valence-corrected chi connectivity index (χ3v) is 2.24. The number of nitrogens with zero attached hydrogens (tertiary/aromatic N) is 1. The molecular formula is C11H12N2O6. The van der Waals surface area contributed by atoms with Crippen LogP contribution in [0, 0.1) is 10.1 Å². The minimum atomic E-state index is -0.904. The van der Waals surface area contributed by atoms with E-state index >= 15 is 0 Å². The summed E-state index contributed by atoms with van der Waals surface area (Å²) in [5.41, 5.74) is -0.397. The number of carbonyl (C=O) groups excluding carboxylic acids is 2. The van der Waals surface area contributed by atoms with Crippen LogP contribution in [-0.2, 0) is 9.59 Å². The highest BCUT2D eigenvalue weighted by molar-refractivity contribution is 5.80. The van der Waals surface area contributed by atoms with Gasteiger partial charge in [-0.1, -0.05) is 0 Å². The Kier molecular flexibility index (Phi) is 4.81. The molecule has 1 amide bonds. The van der Waals surface area contributed by atoms with Gasteiger partial charge in [-0.05, 0) is 19.1 Å². The zero-order chi connectivity index (χ0) is 14.4. The van der Waals surface area contributed by atoms with Crippen LogP contribution in [-0.4, -0.2) is 30.5 Å². The Hall–Kier alpha value is -2.64. The number of hydrogen-bond donors (Lipinski definition) is 1. The molecule has 1 unspecified atom stereocenters. The fourth-order valence-electron chi connectivity index (χ4n) is 1.22. The number of rotatable bonds is 6. The van der Waals surface area contributed by atoms with E-state index in [0.717, 1.165) is 6.07 Å². The van der Waals surface area contributed by atoms with Gasteiger partial charge in [0.05, 0.1) is 18.1 Å². The van der Waals surface area contributed by atoms with Crippen molar-refractivity contribution in [2.45, 2.75) is 13.0 Å². The Balaban J connectivity index is 2.97. The maximum absolute atomic E-state index is 11.5. The molecular weight excluding hydrogens is 256 g/mol. The van der Waals surface area contributed by atoms with Gasteiger partial charge >= 0.3 is 11.7 Å². The van der Waals surface area contributed by atoms with E-state index < -0.39 is 22.6 Å². The van der Waals surface area contributed by atoms with Crippen LogP contribution in [0.25, 0.3) is 0 Å². The summed E-state index contributed by atoms with van der Waals surface area (Å²) in [6.45, 7) is 1.39. The van der Waals surface area contributed by atoms with Crippen LogP contribution >= 0.6 is 0 Å². The lowest BCUT2D eigenvalue weighted by Crippen LogP contribution is -2.36. The van der Waals surface area contributed by atoms with Crippen molar-refractivity contribution in [3.8, 4) is 11.5 Å². The Morgan fingerprint density at radius 3 is 2.74 bits per heavy atom. The average Bonchev–Trinajstić information content (AvgIpc) is 2.39. The molecule has 102 valence electrons. The number of amides is 1. The number of carbonyl (C=O) groups is 2. The maximum atomic E-state index is 11.5. The first-order valence-corrected chi connectivity index (χ1v) is 5.23. The molecule has 1 atom stereocenters. The zero-order valence-electron chi connectivity index (χ0n) is 10.3. The van der Waals surface area contributed by atoms with Crippen molar-refractivity contribution in [1.29, 1.82) is 0 Å². The van der Waals surface area contributed by atoms with E-state index in [0.29, 0.717) is 6.41 Å². The molecule has 0 bridgehead atoms. The number of nitro groups is 1. The molecule has 0 aliphatic carbocycles. The number of nitro benzene ring substituents is 1. The van der Waals surface area contributed by atoms with Crippen LogP contribution in [0.3, 0.4) is 0 Å². The lowest BCUT2D eigenvalue weighted by molar-refractivity contribution is -0.385. The molecule has 1 N–H and O–H groups in total. The summed E-state index contributed by atoms with van der Waals surface area (Å²) >= 11 is 0. The summed E-state index contributed by atoms with van der Waals surface area (Å²) in [5.74, 6) is -0.749. The minimum absolute atomic E-state index is 0.213. The Labute approximate surface area is 108 Å². The van der Waals surface area contributed by atoms with Gasteiger partial charge in [0, 0.05) is 0 Å². The summed E-state index contributed by atoms with van der Waals surface area (Å²) in [5, 5.41) is 13.0. The Bertz CT molecular complexity index is 502. The molecule has 8 nitrogen and oxygen atoms in total. The van der Waals surface area contributed by atoms with Gasteiger partial charge in [0.15, 0.2) is 0 Å². The standard InChI is InChI=1S/C11H12N2O6/c1-7(12-6-14)11(15)19-10-4-3-8(18-2)5-9(10)13(16)17/h3-7H,1-2H3,(H,12,14). The van der Waals surface area contributed by atoms with Crippen molar-refractivity contribution in [1.82, 2.24) is 5.32 Å². The number of benzene rings is 1. The first-order valence-electron chi connectivity index (χ1n) is 5.23. The third kappa shape index (κ3) is 3.66. The molecule has 0 aliphatic rings. The highest BCUT2D eigenvalue weighted by Crippen LogP contribution is 2.31. The van der Waals surface area contributed by atoms with Gasteiger partial charge in [-0.2, -0.15) is 0 Å². The summed E-state index contributed by atoms with van der Waals surface area (Å²) in [4.78, 5) is 31.9. The second kappa shape index (κ2) is 6.34. The molecule has 0 aromatic heterocycles. The lowest BCUT2D eigenvalue weighted by Gasteiger charge is -2.10. The average molecular weight is 268 g/mol. The first-order chi connectivity index (χ1) is 8.99. The Morgan fingerprint density at radius 2 is 2.21 bits per heavy atom. The van der Waals surface area contributed by atoms with Gasteiger partial charge in [0.1, 0.15) is 11.8 Å². The van der Waals surface area contributed by atoms with E-state index in [1.165, 1.54) is 26.2 Å². The second-order valence-corrected chi connectivity index (χ2v) is 3.52. The molecule has 1 rings (SSSR count). The minimum Gasteiger partial charge on any atom is -0.496 e. The van der Waals surface area contributed by atoms with E-state index in [9.17, 15) is 19.7 Å². The molecule has 1 aromatic rings. The van der Waals surface area contributed by atoms with Gasteiger partial charge in [-0.15, -0.1) is 0 Å². The maximum Gasteiger partial charge on any atom is 0.333 e. The predicted octanol–water partition coefficient (Wildman–Crippen LogP) is 0.643. The smallest absolute Gasteiger partial charge is 0.333 e. The molecule has 0 fully saturated rings. The topological polar surface area (TPSA) is 108 Å². The number of ether oxygens (including phenoxy) is 2. The predicted molar refractivity (Wildman–Crippen MR) is 63.9 cm³/mol. The summed E-state index contributed by atoms with van der Waals surface area (Å²) in [7, 11) is 1.36. The van der Waals surface area contributed by atoms with Gasteiger partial charge in [0.25, 0.3) is 0 Å². The van der Waals surface area contributed by atoms with Crippen LogP contribution in [0.1, 0.15) is 6.92 Å². The van der Waals surface area contributed by atoms with Crippen molar-refractivity contribution >= 4 is 18.1 Å². The van der Waals surface area contributed by atoms with Crippen LogP contribution < -0.4 is 14.8 Å². The van der Waals surface area contributed by atoms with Crippen LogP contribution in [0.4, 0.5) is 5.69 Å². The van der Waals surface area contributed by atoms with Gasteiger partial charge in [-0.3, -0.25) is 14.9 Å². The summed E-state index contributed by atoms with van der Waals surface area (Å²) < 4.78 is 9.71. The highest BCUT2D eigenvalue weighted by Gasteiger charge is 2.22. The van der Waals surface area contributed by atoms with Crippen molar-refractivity contribution in [3.05, 3.63) is 28.3 Å². The van der Waals surface area contributed by atoms with Crippen molar-refractivity contribution in [2.75, 3.05) is 7.11 Å².